The van der Waals surface area contributed by atoms with E-state index in [4.69, 9.17) is 0 Å². The molecule has 3 rings (SSSR count). The van der Waals surface area contributed by atoms with Crippen molar-refractivity contribution >= 4 is 11.8 Å². The van der Waals surface area contributed by atoms with E-state index in [9.17, 15) is 0 Å². The Balaban J connectivity index is 1.32. The molecular formula is C16H25N3S. The summed E-state index contributed by atoms with van der Waals surface area (Å²) in [6, 6.07) is 9.69. The van der Waals surface area contributed by atoms with Crippen molar-refractivity contribution in [3.8, 4) is 0 Å². The van der Waals surface area contributed by atoms with Crippen LogP contribution in [0.3, 0.4) is 0 Å². The van der Waals surface area contributed by atoms with Crippen LogP contribution in [0.25, 0.3) is 0 Å². The van der Waals surface area contributed by atoms with Crippen molar-refractivity contribution in [2.45, 2.75) is 17.9 Å². The first-order chi connectivity index (χ1) is 9.81. The predicted octanol–water partition coefficient (Wildman–Crippen LogP) is 1.68. The predicted molar refractivity (Wildman–Crippen MR) is 86.6 cm³/mol. The first-order valence-electron chi connectivity index (χ1n) is 7.68. The van der Waals surface area contributed by atoms with Crippen molar-refractivity contribution in [3.05, 3.63) is 29.8 Å². The van der Waals surface area contributed by atoms with Crippen LogP contribution in [0.4, 0.5) is 0 Å². The summed E-state index contributed by atoms with van der Waals surface area (Å²) in [6.45, 7) is 10.7. The van der Waals surface area contributed by atoms with E-state index < -0.39 is 0 Å². The van der Waals surface area contributed by atoms with Crippen LogP contribution < -0.4 is 5.32 Å². The van der Waals surface area contributed by atoms with Gasteiger partial charge in [0.15, 0.2) is 0 Å². The largest absolute Gasteiger partial charge is 0.314 e. The second-order valence-corrected chi connectivity index (χ2v) is 7.03. The smallest absolute Gasteiger partial charge is 0.0351 e. The third kappa shape index (κ3) is 3.76. The number of aryl methyl sites for hydroxylation is 1. The maximum absolute atomic E-state index is 3.43. The highest BCUT2D eigenvalue weighted by molar-refractivity contribution is 7.99. The zero-order valence-electron chi connectivity index (χ0n) is 12.3. The van der Waals surface area contributed by atoms with Crippen LogP contribution in [-0.4, -0.2) is 67.4 Å². The Bertz CT molecular complexity index is 408. The molecule has 0 aromatic heterocycles. The number of nitrogens with one attached hydrogen (secondary N) is 1. The van der Waals surface area contributed by atoms with Crippen molar-refractivity contribution in [3.63, 3.8) is 0 Å². The van der Waals surface area contributed by atoms with E-state index in [0.29, 0.717) is 0 Å². The highest BCUT2D eigenvalue weighted by Crippen LogP contribution is 2.20. The van der Waals surface area contributed by atoms with Crippen LogP contribution in [0.2, 0.25) is 0 Å². The minimum atomic E-state index is 0.821. The Labute approximate surface area is 126 Å². The number of thioether (sulfide) groups is 1. The third-order valence-corrected chi connectivity index (χ3v) is 5.30. The monoisotopic (exact) mass is 291 g/mol. The Morgan fingerprint density at radius 2 is 1.85 bits per heavy atom. The number of likely N-dealkylation sites (tertiary alicyclic amines) is 1. The van der Waals surface area contributed by atoms with Gasteiger partial charge in [-0.15, -0.1) is 11.8 Å². The molecule has 0 radical (unpaired) electrons. The second kappa shape index (κ2) is 6.94. The van der Waals surface area contributed by atoms with E-state index in [1.165, 1.54) is 62.0 Å². The van der Waals surface area contributed by atoms with E-state index in [1.54, 1.807) is 0 Å². The van der Waals surface area contributed by atoms with Crippen LogP contribution in [0.5, 0.6) is 0 Å². The zero-order chi connectivity index (χ0) is 13.8. The molecule has 0 aliphatic carbocycles. The molecule has 1 aromatic carbocycles. The van der Waals surface area contributed by atoms with Gasteiger partial charge in [-0.1, -0.05) is 17.7 Å². The molecule has 110 valence electrons. The molecule has 1 aromatic rings. The molecular weight excluding hydrogens is 266 g/mol. The summed E-state index contributed by atoms with van der Waals surface area (Å²) >= 11 is 1.98. The molecule has 1 N–H and O–H groups in total. The highest BCUT2D eigenvalue weighted by atomic mass is 32.2. The summed E-state index contributed by atoms with van der Waals surface area (Å²) in [5, 5.41) is 3.43. The van der Waals surface area contributed by atoms with Gasteiger partial charge in [0.2, 0.25) is 0 Å². The maximum atomic E-state index is 3.43. The van der Waals surface area contributed by atoms with Crippen LogP contribution in [0.15, 0.2) is 29.2 Å². The molecule has 20 heavy (non-hydrogen) atoms. The maximum Gasteiger partial charge on any atom is 0.0351 e. The van der Waals surface area contributed by atoms with Crippen LogP contribution >= 0.6 is 11.8 Å². The summed E-state index contributed by atoms with van der Waals surface area (Å²) in [4.78, 5) is 6.64. The quantitative estimate of drug-likeness (QED) is 0.832. The van der Waals surface area contributed by atoms with Gasteiger partial charge in [-0.3, -0.25) is 9.80 Å². The lowest BCUT2D eigenvalue weighted by molar-refractivity contribution is 0.0316. The lowest BCUT2D eigenvalue weighted by Gasteiger charge is -2.46. The van der Waals surface area contributed by atoms with Gasteiger partial charge in [-0.25, -0.2) is 0 Å². The van der Waals surface area contributed by atoms with Crippen molar-refractivity contribution in [2.24, 2.45) is 0 Å². The summed E-state index contributed by atoms with van der Waals surface area (Å²) in [7, 11) is 0. The second-order valence-electron chi connectivity index (χ2n) is 5.86. The highest BCUT2D eigenvalue weighted by Gasteiger charge is 2.31. The summed E-state index contributed by atoms with van der Waals surface area (Å²) in [5.74, 6) is 1.21. The first kappa shape index (κ1) is 14.4. The topological polar surface area (TPSA) is 18.5 Å². The minimum absolute atomic E-state index is 0.821. The molecule has 2 saturated heterocycles. The number of piperazine rings is 1. The number of nitrogens with zero attached hydrogens (tertiary/aromatic N) is 2. The van der Waals surface area contributed by atoms with E-state index in [1.807, 2.05) is 11.8 Å². The van der Waals surface area contributed by atoms with Gasteiger partial charge in [-0.2, -0.15) is 0 Å². The molecule has 2 aliphatic heterocycles. The standard InChI is InChI=1S/C16H25N3S/c1-14-2-4-16(5-3-14)20-11-10-18-12-15(13-18)19-8-6-17-7-9-19/h2-5,15,17H,6-13H2,1H3. The van der Waals surface area contributed by atoms with Crippen LogP contribution in [0, 0.1) is 6.92 Å². The number of rotatable bonds is 5. The summed E-state index contributed by atoms with van der Waals surface area (Å²) in [5.41, 5.74) is 1.34. The molecule has 2 heterocycles. The Morgan fingerprint density at radius 1 is 1.15 bits per heavy atom. The fraction of sp³-hybridized carbons (Fsp3) is 0.625. The zero-order valence-corrected chi connectivity index (χ0v) is 13.2. The molecule has 4 heteroatoms. The fourth-order valence-electron chi connectivity index (χ4n) is 2.93. The van der Waals surface area contributed by atoms with Crippen LogP contribution in [0.1, 0.15) is 5.56 Å². The van der Waals surface area contributed by atoms with Gasteiger partial charge < -0.3 is 5.32 Å². The van der Waals surface area contributed by atoms with Gasteiger partial charge in [0.25, 0.3) is 0 Å². The van der Waals surface area contributed by atoms with E-state index in [-0.39, 0.29) is 0 Å². The lowest BCUT2D eigenvalue weighted by atomic mass is 10.1. The van der Waals surface area contributed by atoms with Gasteiger partial charge >= 0.3 is 0 Å². The Morgan fingerprint density at radius 3 is 2.55 bits per heavy atom. The minimum Gasteiger partial charge on any atom is -0.314 e. The molecule has 3 nitrogen and oxygen atoms in total. The molecule has 0 bridgehead atoms. The number of benzene rings is 1. The van der Waals surface area contributed by atoms with Gasteiger partial charge in [0, 0.05) is 62.5 Å². The molecule has 2 fully saturated rings. The number of hydrogen-bond acceptors (Lipinski definition) is 4. The molecule has 0 amide bonds. The van der Waals surface area contributed by atoms with E-state index in [2.05, 4.69) is 46.3 Å². The average Bonchev–Trinajstić information content (AvgIpc) is 2.44. The Kier molecular flexibility index (Phi) is 4.99. The fourth-order valence-corrected chi connectivity index (χ4v) is 3.84. The summed E-state index contributed by atoms with van der Waals surface area (Å²) < 4.78 is 0. The van der Waals surface area contributed by atoms with Gasteiger partial charge in [0.05, 0.1) is 0 Å². The van der Waals surface area contributed by atoms with E-state index in [0.717, 1.165) is 6.04 Å². The molecule has 0 unspecified atom stereocenters. The molecule has 2 aliphatic rings. The van der Waals surface area contributed by atoms with Crippen molar-refractivity contribution in [2.75, 3.05) is 51.6 Å². The van der Waals surface area contributed by atoms with Crippen molar-refractivity contribution < 1.29 is 0 Å². The Hall–Kier alpha value is -0.550. The first-order valence-corrected chi connectivity index (χ1v) is 8.66. The van der Waals surface area contributed by atoms with Crippen molar-refractivity contribution in [1.82, 2.24) is 15.1 Å². The normalized spacial score (nSPS) is 21.9. The van der Waals surface area contributed by atoms with Gasteiger partial charge in [-0.05, 0) is 19.1 Å². The molecule has 0 spiro atoms. The third-order valence-electron chi connectivity index (χ3n) is 4.30. The SMILES string of the molecule is Cc1ccc(SCCN2CC(N3CCNCC3)C2)cc1. The lowest BCUT2D eigenvalue weighted by Crippen LogP contribution is -2.62. The molecule has 0 saturated carbocycles. The van der Waals surface area contributed by atoms with E-state index >= 15 is 0 Å². The van der Waals surface area contributed by atoms with Crippen LogP contribution in [-0.2, 0) is 0 Å². The van der Waals surface area contributed by atoms with Crippen molar-refractivity contribution in [1.29, 1.82) is 0 Å². The number of hydrogen-bond donors (Lipinski definition) is 1. The summed E-state index contributed by atoms with van der Waals surface area (Å²) in [6.07, 6.45) is 0. The average molecular weight is 291 g/mol. The molecule has 0 atom stereocenters. The van der Waals surface area contributed by atoms with Gasteiger partial charge in [0.1, 0.15) is 0 Å².